The molecule has 2 unspecified atom stereocenters. The molecule has 13 heavy (non-hydrogen) atoms. The van der Waals surface area contributed by atoms with Gasteiger partial charge >= 0.3 is 0 Å². The molecule has 0 saturated carbocycles. The summed E-state index contributed by atoms with van der Waals surface area (Å²) in [6.07, 6.45) is -1.91. The Morgan fingerprint density at radius 1 is 1.46 bits per heavy atom. The maximum Gasteiger partial charge on any atom is 0.110 e. The molecule has 1 aromatic heterocycles. The molecule has 0 bridgehead atoms. The Labute approximate surface area is 81.5 Å². The molecular weight excluding hydrogens is 192 g/mol. The summed E-state index contributed by atoms with van der Waals surface area (Å²) in [4.78, 5) is 0. The number of rotatable bonds is 3. The third kappa shape index (κ3) is 2.02. The van der Waals surface area contributed by atoms with Gasteiger partial charge in [-0.25, -0.2) is 0 Å². The van der Waals surface area contributed by atoms with Gasteiger partial charge in [0.1, 0.15) is 6.10 Å². The molecule has 0 fully saturated rings. The molecule has 4 nitrogen and oxygen atoms in total. The maximum absolute atomic E-state index is 9.65. The number of nitrogens with one attached hydrogen (secondary N) is 1. The largest absolute Gasteiger partial charge is 0.389 e. The average molecular weight is 205 g/mol. The van der Waals surface area contributed by atoms with Crippen LogP contribution in [0.3, 0.4) is 0 Å². The Balaban J connectivity index is 2.93. The van der Waals surface area contributed by atoms with Gasteiger partial charge in [-0.2, -0.15) is 5.10 Å². The van der Waals surface area contributed by atoms with Crippen molar-refractivity contribution in [2.45, 2.75) is 26.1 Å². The lowest BCUT2D eigenvalue weighted by Crippen LogP contribution is -2.20. The van der Waals surface area contributed by atoms with Crippen molar-refractivity contribution in [1.29, 1.82) is 0 Å². The Hall–Kier alpha value is -0.580. The van der Waals surface area contributed by atoms with E-state index in [2.05, 4.69) is 10.2 Å². The van der Waals surface area contributed by atoms with E-state index in [4.69, 9.17) is 11.6 Å². The average Bonchev–Trinajstić information content (AvgIpc) is 2.44. The summed E-state index contributed by atoms with van der Waals surface area (Å²) >= 11 is 5.43. The number of aromatic amines is 1. The zero-order valence-corrected chi connectivity index (χ0v) is 8.34. The van der Waals surface area contributed by atoms with Crippen LogP contribution in [0, 0.1) is 13.8 Å². The number of alkyl halides is 1. The van der Waals surface area contributed by atoms with Crippen molar-refractivity contribution in [3.05, 3.63) is 17.0 Å². The molecular formula is C8H13ClN2O2. The van der Waals surface area contributed by atoms with Crippen molar-refractivity contribution in [2.75, 3.05) is 5.88 Å². The van der Waals surface area contributed by atoms with Crippen LogP contribution in [0.4, 0.5) is 0 Å². The molecule has 0 amide bonds. The molecule has 1 heterocycles. The fraction of sp³-hybridized carbons (Fsp3) is 0.625. The van der Waals surface area contributed by atoms with Crippen LogP contribution in [0.15, 0.2) is 0 Å². The van der Waals surface area contributed by atoms with Crippen molar-refractivity contribution >= 4 is 11.6 Å². The van der Waals surface area contributed by atoms with Gasteiger partial charge in [0, 0.05) is 11.3 Å². The van der Waals surface area contributed by atoms with E-state index >= 15 is 0 Å². The third-order valence-corrected chi connectivity index (χ3v) is 2.32. The second-order valence-corrected chi connectivity index (χ2v) is 3.32. The number of hydrogen-bond donors (Lipinski definition) is 3. The normalized spacial score (nSPS) is 15.8. The maximum atomic E-state index is 9.65. The molecule has 0 radical (unpaired) electrons. The van der Waals surface area contributed by atoms with E-state index in [0.717, 1.165) is 5.69 Å². The van der Waals surface area contributed by atoms with Crippen LogP contribution in [-0.2, 0) is 0 Å². The van der Waals surface area contributed by atoms with Crippen LogP contribution in [0.25, 0.3) is 0 Å². The standard InChI is InChI=1S/C8H13ClN2O2/c1-4-7(5(2)11-10-4)8(13)6(12)3-9/h6,8,12-13H,3H2,1-2H3,(H,10,11). The number of H-pyrrole nitrogens is 1. The molecule has 3 N–H and O–H groups in total. The molecule has 1 rings (SSSR count). The minimum absolute atomic E-state index is 0.00519. The van der Waals surface area contributed by atoms with E-state index < -0.39 is 12.2 Å². The summed E-state index contributed by atoms with van der Waals surface area (Å²) in [5.74, 6) is 0.00519. The second-order valence-electron chi connectivity index (χ2n) is 3.01. The monoisotopic (exact) mass is 204 g/mol. The highest BCUT2D eigenvalue weighted by molar-refractivity contribution is 6.18. The first-order valence-corrected chi connectivity index (χ1v) is 4.55. The molecule has 0 aliphatic heterocycles. The predicted octanol–water partition coefficient (Wildman–Crippen LogP) is 0.660. The first-order valence-electron chi connectivity index (χ1n) is 4.01. The van der Waals surface area contributed by atoms with Crippen LogP contribution < -0.4 is 0 Å². The number of aromatic nitrogens is 2. The quantitative estimate of drug-likeness (QED) is 0.634. The van der Waals surface area contributed by atoms with Gasteiger partial charge in [0.15, 0.2) is 0 Å². The molecule has 5 heteroatoms. The molecule has 74 valence electrons. The van der Waals surface area contributed by atoms with Crippen LogP contribution in [-0.4, -0.2) is 32.4 Å². The number of halogens is 1. The van der Waals surface area contributed by atoms with Gasteiger partial charge < -0.3 is 10.2 Å². The summed E-state index contributed by atoms with van der Waals surface area (Å²) in [6.45, 7) is 3.56. The third-order valence-electron chi connectivity index (χ3n) is 2.00. The molecule has 0 saturated heterocycles. The van der Waals surface area contributed by atoms with Gasteiger partial charge in [-0.05, 0) is 13.8 Å². The van der Waals surface area contributed by atoms with Gasteiger partial charge in [0.2, 0.25) is 0 Å². The Morgan fingerprint density at radius 3 is 2.46 bits per heavy atom. The zero-order chi connectivity index (χ0) is 10.0. The number of hydrogen-bond acceptors (Lipinski definition) is 3. The van der Waals surface area contributed by atoms with E-state index in [-0.39, 0.29) is 5.88 Å². The molecule has 1 aromatic rings. The van der Waals surface area contributed by atoms with E-state index in [1.807, 2.05) is 0 Å². The van der Waals surface area contributed by atoms with E-state index in [0.29, 0.717) is 11.3 Å². The second kappa shape index (κ2) is 4.09. The van der Waals surface area contributed by atoms with E-state index in [1.165, 1.54) is 0 Å². The number of aryl methyl sites for hydroxylation is 2. The van der Waals surface area contributed by atoms with Crippen molar-refractivity contribution in [1.82, 2.24) is 10.2 Å². The minimum Gasteiger partial charge on any atom is -0.389 e. The lowest BCUT2D eigenvalue weighted by Gasteiger charge is -2.15. The van der Waals surface area contributed by atoms with Gasteiger partial charge in [0.25, 0.3) is 0 Å². The minimum atomic E-state index is -0.962. The van der Waals surface area contributed by atoms with Gasteiger partial charge in [-0.3, -0.25) is 5.10 Å². The Bertz CT molecular complexity index is 268. The SMILES string of the molecule is Cc1n[nH]c(C)c1C(O)C(O)CCl. The number of nitrogens with zero attached hydrogens (tertiary/aromatic N) is 1. The highest BCUT2D eigenvalue weighted by atomic mass is 35.5. The zero-order valence-electron chi connectivity index (χ0n) is 7.58. The Kier molecular flexibility index (Phi) is 3.30. The van der Waals surface area contributed by atoms with Crippen molar-refractivity contribution in [2.24, 2.45) is 0 Å². The summed E-state index contributed by atoms with van der Waals surface area (Å²) in [5.41, 5.74) is 2.08. The lowest BCUT2D eigenvalue weighted by atomic mass is 10.0. The van der Waals surface area contributed by atoms with E-state index in [9.17, 15) is 10.2 Å². The number of aliphatic hydroxyl groups is 2. The fourth-order valence-electron chi connectivity index (χ4n) is 1.27. The van der Waals surface area contributed by atoms with Crippen molar-refractivity contribution < 1.29 is 10.2 Å². The molecule has 0 spiro atoms. The molecule has 0 aliphatic carbocycles. The van der Waals surface area contributed by atoms with E-state index in [1.54, 1.807) is 13.8 Å². The van der Waals surface area contributed by atoms with Crippen LogP contribution in [0.1, 0.15) is 23.1 Å². The van der Waals surface area contributed by atoms with Crippen LogP contribution in [0.2, 0.25) is 0 Å². The van der Waals surface area contributed by atoms with Gasteiger partial charge in [0.05, 0.1) is 17.7 Å². The summed E-state index contributed by atoms with van der Waals surface area (Å²) < 4.78 is 0. The first-order chi connectivity index (χ1) is 6.07. The van der Waals surface area contributed by atoms with Gasteiger partial charge in [-0.15, -0.1) is 11.6 Å². The molecule has 0 aliphatic rings. The summed E-state index contributed by atoms with van der Waals surface area (Å²) in [5, 5.41) is 25.6. The van der Waals surface area contributed by atoms with Gasteiger partial charge in [-0.1, -0.05) is 0 Å². The van der Waals surface area contributed by atoms with Crippen molar-refractivity contribution in [3.63, 3.8) is 0 Å². The Morgan fingerprint density at radius 2 is 2.08 bits per heavy atom. The fourth-order valence-corrected chi connectivity index (χ4v) is 1.44. The topological polar surface area (TPSA) is 69.1 Å². The van der Waals surface area contributed by atoms with Crippen molar-refractivity contribution in [3.8, 4) is 0 Å². The molecule has 0 aromatic carbocycles. The van der Waals surface area contributed by atoms with Crippen LogP contribution in [0.5, 0.6) is 0 Å². The number of aliphatic hydroxyl groups excluding tert-OH is 2. The highest BCUT2D eigenvalue weighted by Crippen LogP contribution is 2.22. The summed E-state index contributed by atoms with van der Waals surface area (Å²) in [7, 11) is 0. The smallest absolute Gasteiger partial charge is 0.110 e. The molecule has 2 atom stereocenters. The first kappa shape index (κ1) is 10.5. The summed E-state index contributed by atoms with van der Waals surface area (Å²) in [6, 6.07) is 0. The lowest BCUT2D eigenvalue weighted by molar-refractivity contribution is 0.0319. The predicted molar refractivity (Wildman–Crippen MR) is 49.7 cm³/mol. The highest BCUT2D eigenvalue weighted by Gasteiger charge is 2.22. The van der Waals surface area contributed by atoms with Crippen LogP contribution >= 0.6 is 11.6 Å².